The number of hydrogen-bond donors (Lipinski definition) is 1. The molecule has 16 heavy (non-hydrogen) atoms. The summed E-state index contributed by atoms with van der Waals surface area (Å²) >= 11 is 0. The molecule has 1 aliphatic rings. The van der Waals surface area contributed by atoms with E-state index in [0.29, 0.717) is 5.92 Å². The van der Waals surface area contributed by atoms with Crippen LogP contribution >= 0.6 is 0 Å². The smallest absolute Gasteiger partial charge is 0.167 e. The lowest BCUT2D eigenvalue weighted by molar-refractivity contribution is 0.238. The second kappa shape index (κ2) is 4.70. The van der Waals surface area contributed by atoms with Crippen molar-refractivity contribution in [3.8, 4) is 5.75 Å². The van der Waals surface area contributed by atoms with Gasteiger partial charge < -0.3 is 14.7 Å². The summed E-state index contributed by atoms with van der Waals surface area (Å²) in [4.78, 5) is 2.09. The van der Waals surface area contributed by atoms with Gasteiger partial charge in [0.25, 0.3) is 0 Å². The van der Waals surface area contributed by atoms with E-state index >= 15 is 0 Å². The molecule has 0 bridgehead atoms. The number of halogens is 1. The molecule has 1 aromatic carbocycles. The van der Waals surface area contributed by atoms with Gasteiger partial charge in [-0.05, 0) is 18.6 Å². The van der Waals surface area contributed by atoms with Gasteiger partial charge in [-0.2, -0.15) is 0 Å². The monoisotopic (exact) mass is 225 g/mol. The fraction of sp³-hybridized carbons (Fsp3) is 0.500. The molecular formula is C12H16FNO2. The number of hydrogen-bond acceptors (Lipinski definition) is 3. The quantitative estimate of drug-likeness (QED) is 0.849. The molecule has 1 atom stereocenters. The molecule has 4 heteroatoms. The highest BCUT2D eigenvalue weighted by molar-refractivity contribution is 5.50. The molecule has 0 spiro atoms. The van der Waals surface area contributed by atoms with Gasteiger partial charge in [0.2, 0.25) is 0 Å². The third kappa shape index (κ3) is 2.11. The Kier molecular flexibility index (Phi) is 3.29. The van der Waals surface area contributed by atoms with Crippen LogP contribution in [0, 0.1) is 11.7 Å². The molecule has 1 heterocycles. The summed E-state index contributed by atoms with van der Waals surface area (Å²) in [6.07, 6.45) is 0.962. The minimum absolute atomic E-state index is 0.204. The lowest BCUT2D eigenvalue weighted by Crippen LogP contribution is -2.20. The van der Waals surface area contributed by atoms with Gasteiger partial charge in [0.15, 0.2) is 11.6 Å². The highest BCUT2D eigenvalue weighted by atomic mass is 19.1. The minimum Gasteiger partial charge on any atom is -0.494 e. The zero-order valence-corrected chi connectivity index (χ0v) is 9.32. The molecule has 1 unspecified atom stereocenters. The Balaban J connectivity index is 2.13. The highest BCUT2D eigenvalue weighted by Crippen LogP contribution is 2.27. The van der Waals surface area contributed by atoms with Crippen molar-refractivity contribution in [2.45, 2.75) is 6.42 Å². The van der Waals surface area contributed by atoms with Crippen molar-refractivity contribution >= 4 is 5.69 Å². The van der Waals surface area contributed by atoms with Crippen LogP contribution in [0.3, 0.4) is 0 Å². The number of ether oxygens (including phenoxy) is 1. The van der Waals surface area contributed by atoms with Crippen molar-refractivity contribution in [3.63, 3.8) is 0 Å². The first-order chi connectivity index (χ1) is 7.74. The Bertz CT molecular complexity index is 370. The number of nitrogens with zero attached hydrogens (tertiary/aromatic N) is 1. The van der Waals surface area contributed by atoms with Crippen molar-refractivity contribution in [1.82, 2.24) is 0 Å². The van der Waals surface area contributed by atoms with E-state index in [2.05, 4.69) is 4.90 Å². The topological polar surface area (TPSA) is 32.7 Å². The third-order valence-corrected chi connectivity index (χ3v) is 3.04. The summed E-state index contributed by atoms with van der Waals surface area (Å²) < 4.78 is 18.4. The van der Waals surface area contributed by atoms with E-state index in [1.807, 2.05) is 6.07 Å². The predicted octanol–water partition coefficient (Wildman–Crippen LogP) is 1.65. The number of rotatable bonds is 3. The van der Waals surface area contributed by atoms with E-state index in [1.165, 1.54) is 13.2 Å². The summed E-state index contributed by atoms with van der Waals surface area (Å²) in [7, 11) is 1.45. The van der Waals surface area contributed by atoms with Crippen LogP contribution < -0.4 is 9.64 Å². The SMILES string of the molecule is COc1ccc(N2CCC(CO)C2)cc1F. The van der Waals surface area contributed by atoms with Crippen LogP contribution in [0.5, 0.6) is 5.75 Å². The first kappa shape index (κ1) is 11.2. The zero-order valence-electron chi connectivity index (χ0n) is 9.32. The van der Waals surface area contributed by atoms with Gasteiger partial charge in [-0.1, -0.05) is 0 Å². The second-order valence-corrected chi connectivity index (χ2v) is 4.10. The van der Waals surface area contributed by atoms with E-state index in [1.54, 1.807) is 6.07 Å². The van der Waals surface area contributed by atoms with E-state index in [4.69, 9.17) is 9.84 Å². The average Bonchev–Trinajstić information content (AvgIpc) is 2.77. The van der Waals surface area contributed by atoms with Crippen LogP contribution in [-0.4, -0.2) is 31.9 Å². The van der Waals surface area contributed by atoms with Gasteiger partial charge in [-0.25, -0.2) is 4.39 Å². The fourth-order valence-electron chi connectivity index (χ4n) is 2.07. The molecule has 1 N–H and O–H groups in total. The Morgan fingerprint density at radius 3 is 2.94 bits per heavy atom. The van der Waals surface area contributed by atoms with E-state index in [0.717, 1.165) is 25.2 Å². The molecule has 1 aromatic rings. The van der Waals surface area contributed by atoms with Gasteiger partial charge in [-0.3, -0.25) is 0 Å². The van der Waals surface area contributed by atoms with Gasteiger partial charge in [-0.15, -0.1) is 0 Å². The summed E-state index contributed by atoms with van der Waals surface area (Å²) in [6, 6.07) is 4.97. The molecule has 1 aliphatic heterocycles. The zero-order chi connectivity index (χ0) is 11.5. The summed E-state index contributed by atoms with van der Waals surface area (Å²) in [5.41, 5.74) is 0.856. The van der Waals surface area contributed by atoms with E-state index < -0.39 is 0 Å². The molecular weight excluding hydrogens is 209 g/mol. The maximum absolute atomic E-state index is 13.5. The summed E-state index contributed by atoms with van der Waals surface area (Å²) in [5.74, 6) is 0.235. The van der Waals surface area contributed by atoms with Crippen molar-refractivity contribution in [1.29, 1.82) is 0 Å². The van der Waals surface area contributed by atoms with Crippen LogP contribution in [0.2, 0.25) is 0 Å². The number of methoxy groups -OCH3 is 1. The summed E-state index contributed by atoms with van der Waals surface area (Å²) in [6.45, 7) is 1.87. The molecule has 0 aromatic heterocycles. The second-order valence-electron chi connectivity index (χ2n) is 4.10. The van der Waals surface area contributed by atoms with Crippen LogP contribution in [0.25, 0.3) is 0 Å². The molecule has 1 fully saturated rings. The lowest BCUT2D eigenvalue weighted by atomic mass is 10.1. The molecule has 0 radical (unpaired) electrons. The maximum atomic E-state index is 13.5. The van der Waals surface area contributed by atoms with Crippen molar-refractivity contribution in [2.24, 2.45) is 5.92 Å². The Morgan fingerprint density at radius 2 is 2.38 bits per heavy atom. The number of aliphatic hydroxyl groups is 1. The van der Waals surface area contributed by atoms with Gasteiger partial charge in [0.05, 0.1) is 7.11 Å². The molecule has 0 aliphatic carbocycles. The van der Waals surface area contributed by atoms with Crippen molar-refractivity contribution < 1.29 is 14.2 Å². The summed E-state index contributed by atoms with van der Waals surface area (Å²) in [5, 5.41) is 9.05. The van der Waals surface area contributed by atoms with E-state index in [-0.39, 0.29) is 18.2 Å². The predicted molar refractivity (Wildman–Crippen MR) is 60.4 cm³/mol. The van der Waals surface area contributed by atoms with Gasteiger partial charge in [0, 0.05) is 37.4 Å². The number of aliphatic hydroxyl groups excluding tert-OH is 1. The third-order valence-electron chi connectivity index (χ3n) is 3.04. The van der Waals surface area contributed by atoms with Crippen LogP contribution in [0.1, 0.15) is 6.42 Å². The van der Waals surface area contributed by atoms with Crippen molar-refractivity contribution in [3.05, 3.63) is 24.0 Å². The van der Waals surface area contributed by atoms with Gasteiger partial charge >= 0.3 is 0 Å². The molecule has 0 saturated carbocycles. The maximum Gasteiger partial charge on any atom is 0.167 e. The van der Waals surface area contributed by atoms with Crippen LogP contribution in [0.15, 0.2) is 18.2 Å². The average molecular weight is 225 g/mol. The molecule has 1 saturated heterocycles. The first-order valence-corrected chi connectivity index (χ1v) is 5.44. The molecule has 0 amide bonds. The molecule has 3 nitrogen and oxygen atoms in total. The van der Waals surface area contributed by atoms with Crippen molar-refractivity contribution in [2.75, 3.05) is 31.7 Å². The Hall–Kier alpha value is -1.29. The fourth-order valence-corrected chi connectivity index (χ4v) is 2.07. The number of anilines is 1. The normalized spacial score (nSPS) is 20.2. The largest absolute Gasteiger partial charge is 0.494 e. The number of benzene rings is 1. The highest BCUT2D eigenvalue weighted by Gasteiger charge is 2.22. The van der Waals surface area contributed by atoms with Gasteiger partial charge in [0.1, 0.15) is 0 Å². The Morgan fingerprint density at radius 1 is 1.56 bits per heavy atom. The van der Waals surface area contributed by atoms with Crippen LogP contribution in [0.4, 0.5) is 10.1 Å². The standard InChI is InChI=1S/C12H16FNO2/c1-16-12-3-2-10(6-11(12)13)14-5-4-9(7-14)8-15/h2-3,6,9,15H,4-5,7-8H2,1H3. The Labute approximate surface area is 94.4 Å². The first-order valence-electron chi connectivity index (χ1n) is 5.44. The van der Waals surface area contributed by atoms with Crippen LogP contribution in [-0.2, 0) is 0 Å². The lowest BCUT2D eigenvalue weighted by Gasteiger charge is -2.18. The molecule has 2 rings (SSSR count). The van der Waals surface area contributed by atoms with E-state index in [9.17, 15) is 4.39 Å². The molecule has 88 valence electrons. The minimum atomic E-state index is -0.340.